The number of amides is 1. The van der Waals surface area contributed by atoms with E-state index in [9.17, 15) is 4.79 Å². The molecule has 0 unspecified atom stereocenters. The molecule has 2 aromatic carbocycles. The molecule has 5 aromatic rings. The average Bonchev–Trinajstić information content (AvgIpc) is 3.65. The summed E-state index contributed by atoms with van der Waals surface area (Å²) in [5.74, 6) is 1.02. The number of benzene rings is 2. The Bertz CT molecular complexity index is 1740. The molecule has 0 spiro atoms. The van der Waals surface area contributed by atoms with Crippen LogP contribution in [0.1, 0.15) is 31.5 Å². The Morgan fingerprint density at radius 3 is 2.52 bits per heavy atom. The molecule has 1 amide bonds. The predicted molar refractivity (Wildman–Crippen MR) is 172 cm³/mol. The number of nitrogen functional groups attached to an aromatic ring is 1. The van der Waals surface area contributed by atoms with Crippen molar-refractivity contribution >= 4 is 39.8 Å². The van der Waals surface area contributed by atoms with Gasteiger partial charge in [0.1, 0.15) is 35.2 Å². The fraction of sp³-hybridized carbons (Fsp3) is 0.344. The molecule has 0 saturated carbocycles. The van der Waals surface area contributed by atoms with Crippen LogP contribution in [0.25, 0.3) is 28.0 Å². The third-order valence-corrected chi connectivity index (χ3v) is 8.28. The SMILES string of the molecule is CC(C)(C)c1csc(CC(=O)Nc2ccc(-n3nc(-c4ccc(OCCN5CCOCC5)cc4)c4c(N)ncnc43)cc2)n1. The highest BCUT2D eigenvalue weighted by Crippen LogP contribution is 2.33. The maximum Gasteiger partial charge on any atom is 0.231 e. The Kier molecular flexibility index (Phi) is 8.56. The largest absolute Gasteiger partial charge is 0.492 e. The van der Waals surface area contributed by atoms with E-state index in [4.69, 9.17) is 20.3 Å². The lowest BCUT2D eigenvalue weighted by Crippen LogP contribution is -2.38. The van der Waals surface area contributed by atoms with Gasteiger partial charge in [-0.05, 0) is 48.5 Å². The van der Waals surface area contributed by atoms with Crippen molar-refractivity contribution in [2.45, 2.75) is 32.6 Å². The van der Waals surface area contributed by atoms with E-state index in [2.05, 4.69) is 45.9 Å². The quantitative estimate of drug-likeness (QED) is 0.243. The second-order valence-corrected chi connectivity index (χ2v) is 12.6. The first-order valence-corrected chi connectivity index (χ1v) is 15.5. The molecule has 0 radical (unpaired) electrons. The normalized spacial score (nSPS) is 14.2. The van der Waals surface area contributed by atoms with Gasteiger partial charge in [-0.2, -0.15) is 5.10 Å². The monoisotopic (exact) mass is 612 g/mol. The van der Waals surface area contributed by atoms with E-state index >= 15 is 0 Å². The van der Waals surface area contributed by atoms with E-state index in [1.54, 1.807) is 4.68 Å². The van der Waals surface area contributed by atoms with Gasteiger partial charge in [-0.25, -0.2) is 19.6 Å². The molecule has 1 aliphatic rings. The van der Waals surface area contributed by atoms with Crippen molar-refractivity contribution in [3.05, 3.63) is 70.9 Å². The number of fused-ring (bicyclic) bond motifs is 1. The van der Waals surface area contributed by atoms with Gasteiger partial charge in [0.05, 0.1) is 36.4 Å². The number of aromatic nitrogens is 5. The zero-order chi connectivity index (χ0) is 30.7. The van der Waals surface area contributed by atoms with Crippen LogP contribution in [-0.4, -0.2) is 75.0 Å². The lowest BCUT2D eigenvalue weighted by Gasteiger charge is -2.26. The minimum Gasteiger partial charge on any atom is -0.492 e. The number of thiazole rings is 1. The maximum atomic E-state index is 12.7. The minimum atomic E-state index is -0.117. The molecule has 44 heavy (non-hydrogen) atoms. The van der Waals surface area contributed by atoms with Crippen LogP contribution in [-0.2, 0) is 21.4 Å². The van der Waals surface area contributed by atoms with E-state index in [0.717, 1.165) is 60.5 Å². The Balaban J connectivity index is 1.16. The first kappa shape index (κ1) is 29.7. The molecule has 3 N–H and O–H groups in total. The highest BCUT2D eigenvalue weighted by molar-refractivity contribution is 7.09. The molecule has 228 valence electrons. The third-order valence-electron chi connectivity index (χ3n) is 7.43. The van der Waals surface area contributed by atoms with Gasteiger partial charge in [-0.1, -0.05) is 20.8 Å². The van der Waals surface area contributed by atoms with Gasteiger partial charge in [0.25, 0.3) is 0 Å². The van der Waals surface area contributed by atoms with Crippen molar-refractivity contribution in [1.29, 1.82) is 0 Å². The topological polar surface area (TPSA) is 133 Å². The number of nitrogens with two attached hydrogens (primary N) is 1. The molecule has 3 aromatic heterocycles. The zero-order valence-corrected chi connectivity index (χ0v) is 25.9. The molecule has 6 rings (SSSR count). The number of hydrogen-bond acceptors (Lipinski definition) is 10. The van der Waals surface area contributed by atoms with Gasteiger partial charge in [-0.3, -0.25) is 9.69 Å². The Hall–Kier alpha value is -4.39. The molecule has 0 aliphatic carbocycles. The van der Waals surface area contributed by atoms with Crippen molar-refractivity contribution in [2.75, 3.05) is 50.5 Å². The molecule has 1 saturated heterocycles. The second kappa shape index (κ2) is 12.7. The maximum absolute atomic E-state index is 12.7. The zero-order valence-electron chi connectivity index (χ0n) is 25.1. The summed E-state index contributed by atoms with van der Waals surface area (Å²) >= 11 is 1.51. The number of rotatable bonds is 9. The first-order chi connectivity index (χ1) is 21.2. The van der Waals surface area contributed by atoms with Gasteiger partial charge in [0, 0.05) is 41.7 Å². The summed E-state index contributed by atoms with van der Waals surface area (Å²) in [6.45, 7) is 11.2. The first-order valence-electron chi connectivity index (χ1n) is 14.6. The van der Waals surface area contributed by atoms with Crippen LogP contribution in [0.3, 0.4) is 0 Å². The summed E-state index contributed by atoms with van der Waals surface area (Å²) < 4.78 is 13.1. The second-order valence-electron chi connectivity index (χ2n) is 11.7. The van der Waals surface area contributed by atoms with Crippen LogP contribution < -0.4 is 15.8 Å². The highest BCUT2D eigenvalue weighted by atomic mass is 32.1. The fourth-order valence-electron chi connectivity index (χ4n) is 4.95. The lowest BCUT2D eigenvalue weighted by molar-refractivity contribution is -0.115. The number of nitrogens with one attached hydrogen (secondary N) is 1. The number of morpholine rings is 1. The molecular formula is C32H36N8O3S. The number of nitrogens with zero attached hydrogens (tertiary/aromatic N) is 6. The van der Waals surface area contributed by atoms with Crippen molar-refractivity contribution in [3.63, 3.8) is 0 Å². The molecule has 12 heteroatoms. The standard InChI is InChI=1S/C32H36N8O3S/c1-32(2,3)25-19-44-27(37-25)18-26(41)36-22-6-8-23(9-7-22)40-31-28(30(33)34-20-35-31)29(38-40)21-4-10-24(11-5-21)43-17-14-39-12-15-42-16-13-39/h4-11,19-20H,12-18H2,1-3H3,(H,36,41)(H2,33,34,35). The minimum absolute atomic E-state index is 0.0474. The lowest BCUT2D eigenvalue weighted by atomic mass is 9.93. The van der Waals surface area contributed by atoms with Gasteiger partial charge in [0.15, 0.2) is 5.65 Å². The van der Waals surface area contributed by atoms with Crippen molar-refractivity contribution in [2.24, 2.45) is 0 Å². The Labute approximate surface area is 260 Å². The van der Waals surface area contributed by atoms with Gasteiger partial charge >= 0.3 is 0 Å². The Morgan fingerprint density at radius 1 is 1.07 bits per heavy atom. The molecule has 1 fully saturated rings. The summed E-state index contributed by atoms with van der Waals surface area (Å²) in [6, 6.07) is 15.3. The van der Waals surface area contributed by atoms with Gasteiger partial charge in [0.2, 0.25) is 5.91 Å². The highest BCUT2D eigenvalue weighted by Gasteiger charge is 2.20. The van der Waals surface area contributed by atoms with Crippen LogP contribution in [0.2, 0.25) is 0 Å². The molecule has 4 heterocycles. The molecular weight excluding hydrogens is 576 g/mol. The number of ether oxygens (including phenoxy) is 2. The summed E-state index contributed by atoms with van der Waals surface area (Å²) in [5, 5.41) is 11.3. The number of carbonyl (C=O) groups is 1. The predicted octanol–water partition coefficient (Wildman–Crippen LogP) is 4.71. The fourth-order valence-corrected chi connectivity index (χ4v) is 5.97. The van der Waals surface area contributed by atoms with Crippen molar-refractivity contribution in [3.8, 4) is 22.7 Å². The van der Waals surface area contributed by atoms with Gasteiger partial charge < -0.3 is 20.5 Å². The van der Waals surface area contributed by atoms with Crippen LogP contribution in [0.4, 0.5) is 11.5 Å². The van der Waals surface area contributed by atoms with E-state index in [0.29, 0.717) is 34.8 Å². The van der Waals surface area contributed by atoms with E-state index in [1.165, 1.54) is 17.7 Å². The number of hydrogen-bond donors (Lipinski definition) is 2. The summed E-state index contributed by atoms with van der Waals surface area (Å²) in [7, 11) is 0. The van der Waals surface area contributed by atoms with Crippen LogP contribution in [0.5, 0.6) is 5.75 Å². The van der Waals surface area contributed by atoms with Crippen LogP contribution in [0.15, 0.2) is 60.2 Å². The smallest absolute Gasteiger partial charge is 0.231 e. The number of carbonyl (C=O) groups excluding carboxylic acids is 1. The molecule has 0 bridgehead atoms. The molecule has 11 nitrogen and oxygen atoms in total. The van der Waals surface area contributed by atoms with Crippen LogP contribution in [0, 0.1) is 0 Å². The van der Waals surface area contributed by atoms with Crippen molar-refractivity contribution in [1.82, 2.24) is 29.6 Å². The summed E-state index contributed by atoms with van der Waals surface area (Å²) in [4.78, 5) is 28.4. The molecule has 1 aliphatic heterocycles. The van der Waals surface area contributed by atoms with Crippen molar-refractivity contribution < 1.29 is 14.3 Å². The number of anilines is 2. The van der Waals surface area contributed by atoms with Crippen LogP contribution >= 0.6 is 11.3 Å². The van der Waals surface area contributed by atoms with E-state index in [1.807, 2.05) is 53.9 Å². The summed E-state index contributed by atoms with van der Waals surface area (Å²) in [5.41, 5.74) is 10.9. The average molecular weight is 613 g/mol. The van der Waals surface area contributed by atoms with E-state index < -0.39 is 0 Å². The Morgan fingerprint density at radius 2 is 1.82 bits per heavy atom. The molecule has 0 atom stereocenters. The third kappa shape index (κ3) is 6.72. The van der Waals surface area contributed by atoms with Gasteiger partial charge in [-0.15, -0.1) is 11.3 Å². The summed E-state index contributed by atoms with van der Waals surface area (Å²) in [6.07, 6.45) is 1.66. The van der Waals surface area contributed by atoms with E-state index in [-0.39, 0.29) is 17.7 Å².